The van der Waals surface area contributed by atoms with E-state index < -0.39 is 4.92 Å². The Morgan fingerprint density at radius 3 is 2.71 bits per heavy atom. The van der Waals surface area contributed by atoms with E-state index >= 15 is 0 Å². The quantitative estimate of drug-likeness (QED) is 0.646. The fourth-order valence-corrected chi connectivity index (χ4v) is 1.84. The normalized spacial score (nSPS) is 10.2. The largest absolute Gasteiger partial charge is 0.363 e. The Kier molecular flexibility index (Phi) is 4.34. The van der Waals surface area contributed by atoms with Gasteiger partial charge in [-0.25, -0.2) is 4.98 Å². The number of aromatic nitrogens is 1. The third-order valence-corrected chi connectivity index (χ3v) is 2.94. The van der Waals surface area contributed by atoms with E-state index in [-0.39, 0.29) is 11.5 Å². The molecule has 1 aromatic heterocycles. The highest BCUT2D eigenvalue weighted by Gasteiger charge is 2.17. The van der Waals surface area contributed by atoms with Crippen LogP contribution in [0.15, 0.2) is 36.4 Å². The molecule has 21 heavy (non-hydrogen) atoms. The van der Waals surface area contributed by atoms with Crippen molar-refractivity contribution >= 4 is 23.0 Å². The van der Waals surface area contributed by atoms with E-state index in [4.69, 9.17) is 5.73 Å². The van der Waals surface area contributed by atoms with Crippen molar-refractivity contribution in [1.82, 2.24) is 4.98 Å². The predicted molar refractivity (Wildman–Crippen MR) is 82.8 cm³/mol. The van der Waals surface area contributed by atoms with Gasteiger partial charge in [-0.05, 0) is 23.8 Å². The van der Waals surface area contributed by atoms with Crippen molar-refractivity contribution < 1.29 is 4.92 Å². The zero-order chi connectivity index (χ0) is 15.4. The van der Waals surface area contributed by atoms with Gasteiger partial charge in [0.05, 0.1) is 4.92 Å². The number of nitrogens with one attached hydrogen (secondary N) is 1. The van der Waals surface area contributed by atoms with Crippen LogP contribution in [0.4, 0.5) is 23.0 Å². The van der Waals surface area contributed by atoms with Gasteiger partial charge < -0.3 is 16.0 Å². The standard InChI is InChI=1S/C14H17N5O2/c1-18(2)13-7-6-12(19(20)21)14(17-13)16-11-5-3-4-10(8-11)9-15/h3-8H,9,15H2,1-2H3,(H,16,17). The van der Waals surface area contributed by atoms with Crippen molar-refractivity contribution in [3.8, 4) is 0 Å². The smallest absolute Gasteiger partial charge is 0.311 e. The molecule has 1 heterocycles. The van der Waals surface area contributed by atoms with Crippen molar-refractivity contribution in [1.29, 1.82) is 0 Å². The van der Waals surface area contributed by atoms with E-state index in [1.165, 1.54) is 6.07 Å². The summed E-state index contributed by atoms with van der Waals surface area (Å²) in [7, 11) is 3.65. The summed E-state index contributed by atoms with van der Waals surface area (Å²) in [5.41, 5.74) is 7.17. The molecule has 3 N–H and O–H groups in total. The summed E-state index contributed by atoms with van der Waals surface area (Å²) in [5, 5.41) is 14.1. The highest BCUT2D eigenvalue weighted by atomic mass is 16.6. The third-order valence-electron chi connectivity index (χ3n) is 2.94. The first kappa shape index (κ1) is 14.7. The lowest BCUT2D eigenvalue weighted by Gasteiger charge is -2.13. The zero-order valence-electron chi connectivity index (χ0n) is 11.9. The molecule has 0 aliphatic heterocycles. The Bertz CT molecular complexity index is 658. The Morgan fingerprint density at radius 2 is 2.10 bits per heavy atom. The van der Waals surface area contributed by atoms with Gasteiger partial charge in [0.2, 0.25) is 5.82 Å². The average Bonchev–Trinajstić information content (AvgIpc) is 2.47. The molecular weight excluding hydrogens is 270 g/mol. The highest BCUT2D eigenvalue weighted by Crippen LogP contribution is 2.28. The molecule has 0 spiro atoms. The molecule has 0 fully saturated rings. The molecule has 0 aliphatic carbocycles. The SMILES string of the molecule is CN(C)c1ccc([N+](=O)[O-])c(Nc2cccc(CN)c2)n1. The fraction of sp³-hybridized carbons (Fsp3) is 0.214. The Hall–Kier alpha value is -2.67. The van der Waals surface area contributed by atoms with Gasteiger partial charge in [0, 0.05) is 32.4 Å². The summed E-state index contributed by atoms with van der Waals surface area (Å²) < 4.78 is 0. The molecular formula is C14H17N5O2. The minimum absolute atomic E-state index is 0.0706. The molecule has 0 amide bonds. The molecule has 0 aliphatic rings. The zero-order valence-corrected chi connectivity index (χ0v) is 11.9. The van der Waals surface area contributed by atoms with Crippen molar-refractivity contribution in [2.75, 3.05) is 24.3 Å². The molecule has 0 bridgehead atoms. The van der Waals surface area contributed by atoms with Crippen LogP contribution in [0.25, 0.3) is 0 Å². The number of hydrogen-bond acceptors (Lipinski definition) is 6. The number of nitrogens with zero attached hydrogens (tertiary/aromatic N) is 3. The van der Waals surface area contributed by atoms with Crippen molar-refractivity contribution in [3.05, 3.63) is 52.1 Å². The van der Waals surface area contributed by atoms with Crippen LogP contribution >= 0.6 is 0 Å². The van der Waals surface area contributed by atoms with Gasteiger partial charge in [-0.3, -0.25) is 10.1 Å². The van der Waals surface area contributed by atoms with Crippen molar-refractivity contribution in [3.63, 3.8) is 0 Å². The maximum Gasteiger partial charge on any atom is 0.311 e. The number of anilines is 3. The van der Waals surface area contributed by atoms with Crippen LogP contribution in [0, 0.1) is 10.1 Å². The van der Waals surface area contributed by atoms with E-state index in [1.807, 2.05) is 38.4 Å². The Morgan fingerprint density at radius 1 is 1.33 bits per heavy atom. The number of nitro groups is 1. The van der Waals surface area contributed by atoms with Crippen LogP contribution in [0.2, 0.25) is 0 Å². The molecule has 0 unspecified atom stereocenters. The second kappa shape index (κ2) is 6.19. The van der Waals surface area contributed by atoms with Gasteiger partial charge >= 0.3 is 5.69 Å². The lowest BCUT2D eigenvalue weighted by molar-refractivity contribution is -0.384. The predicted octanol–water partition coefficient (Wildman–Crippen LogP) is 2.26. The monoisotopic (exact) mass is 287 g/mol. The van der Waals surface area contributed by atoms with Crippen LogP contribution < -0.4 is 16.0 Å². The van der Waals surface area contributed by atoms with E-state index in [0.29, 0.717) is 18.1 Å². The second-order valence-corrected chi connectivity index (χ2v) is 4.72. The third kappa shape index (κ3) is 3.46. The summed E-state index contributed by atoms with van der Waals surface area (Å²) in [5.74, 6) is 0.846. The molecule has 110 valence electrons. The van der Waals surface area contributed by atoms with Gasteiger partial charge in [0.15, 0.2) is 0 Å². The molecule has 2 rings (SSSR count). The van der Waals surface area contributed by atoms with E-state index in [0.717, 1.165) is 5.56 Å². The summed E-state index contributed by atoms with van der Waals surface area (Å²) in [4.78, 5) is 16.7. The molecule has 7 nitrogen and oxygen atoms in total. The van der Waals surface area contributed by atoms with Gasteiger partial charge in [0.25, 0.3) is 0 Å². The molecule has 2 aromatic rings. The minimum atomic E-state index is -0.457. The average molecular weight is 287 g/mol. The molecule has 0 saturated heterocycles. The summed E-state index contributed by atoms with van der Waals surface area (Å²) in [6, 6.07) is 10.4. The summed E-state index contributed by atoms with van der Waals surface area (Å²) >= 11 is 0. The maximum absolute atomic E-state index is 11.1. The van der Waals surface area contributed by atoms with Gasteiger partial charge in [-0.2, -0.15) is 0 Å². The van der Waals surface area contributed by atoms with Gasteiger partial charge in [-0.15, -0.1) is 0 Å². The van der Waals surface area contributed by atoms with E-state index in [9.17, 15) is 10.1 Å². The lowest BCUT2D eigenvalue weighted by atomic mass is 10.2. The highest BCUT2D eigenvalue weighted by molar-refractivity contribution is 5.68. The number of nitrogens with two attached hydrogens (primary N) is 1. The number of hydrogen-bond donors (Lipinski definition) is 2. The van der Waals surface area contributed by atoms with Crippen LogP contribution in [-0.4, -0.2) is 24.0 Å². The minimum Gasteiger partial charge on any atom is -0.363 e. The van der Waals surface area contributed by atoms with Crippen molar-refractivity contribution in [2.24, 2.45) is 5.73 Å². The van der Waals surface area contributed by atoms with Gasteiger partial charge in [-0.1, -0.05) is 12.1 Å². The molecule has 1 aromatic carbocycles. The summed E-state index contributed by atoms with van der Waals surface area (Å²) in [6.07, 6.45) is 0. The first-order chi connectivity index (χ1) is 10.0. The van der Waals surface area contributed by atoms with Crippen LogP contribution in [0.1, 0.15) is 5.56 Å². The Balaban J connectivity index is 2.40. The van der Waals surface area contributed by atoms with E-state index in [1.54, 1.807) is 11.0 Å². The number of benzene rings is 1. The maximum atomic E-state index is 11.1. The molecule has 0 atom stereocenters. The summed E-state index contributed by atoms with van der Waals surface area (Å²) in [6.45, 7) is 0.406. The van der Waals surface area contributed by atoms with Crippen LogP contribution in [0.5, 0.6) is 0 Å². The van der Waals surface area contributed by atoms with Crippen LogP contribution in [-0.2, 0) is 6.54 Å². The van der Waals surface area contributed by atoms with Crippen LogP contribution in [0.3, 0.4) is 0 Å². The first-order valence-electron chi connectivity index (χ1n) is 6.40. The molecule has 0 radical (unpaired) electrons. The second-order valence-electron chi connectivity index (χ2n) is 4.72. The molecule has 0 saturated carbocycles. The lowest BCUT2D eigenvalue weighted by Crippen LogP contribution is -2.12. The van der Waals surface area contributed by atoms with Gasteiger partial charge in [0.1, 0.15) is 5.82 Å². The number of rotatable bonds is 5. The topological polar surface area (TPSA) is 97.3 Å². The fourth-order valence-electron chi connectivity index (χ4n) is 1.84. The van der Waals surface area contributed by atoms with E-state index in [2.05, 4.69) is 10.3 Å². The molecule has 7 heteroatoms. The first-order valence-corrected chi connectivity index (χ1v) is 6.40. The number of pyridine rings is 1. The van der Waals surface area contributed by atoms with Crippen molar-refractivity contribution in [2.45, 2.75) is 6.54 Å². The Labute approximate surface area is 122 Å².